The summed E-state index contributed by atoms with van der Waals surface area (Å²) in [6.45, 7) is 3.73. The Morgan fingerprint density at radius 3 is 2.17 bits per heavy atom. The van der Waals surface area contributed by atoms with Crippen LogP contribution < -0.4 is 10.6 Å². The van der Waals surface area contributed by atoms with Gasteiger partial charge in [-0.2, -0.15) is 0 Å². The van der Waals surface area contributed by atoms with E-state index in [1.165, 1.54) is 0 Å². The standard InChI is InChI=1S/C28H28N2O5/c1-3-18(15-26(31)32)29-27(33)19-13-8-14-25(17(19)2)30-28(34)35-16-24-22-11-6-4-9-20(22)21-10-5-7-12-23(21)24/h4-14,18,24H,3,15-16H2,1-2H3,(H,29,33)(H,30,34)(H,31,32)/t18-/m0/s1. The second-order valence-corrected chi connectivity index (χ2v) is 8.61. The van der Waals surface area contributed by atoms with Gasteiger partial charge in [0.25, 0.3) is 5.91 Å². The van der Waals surface area contributed by atoms with Gasteiger partial charge in [0.15, 0.2) is 0 Å². The van der Waals surface area contributed by atoms with Crippen molar-refractivity contribution >= 4 is 23.7 Å². The van der Waals surface area contributed by atoms with Crippen molar-refractivity contribution in [3.63, 3.8) is 0 Å². The lowest BCUT2D eigenvalue weighted by Crippen LogP contribution is -2.36. The monoisotopic (exact) mass is 472 g/mol. The van der Waals surface area contributed by atoms with E-state index in [1.807, 2.05) is 31.2 Å². The molecule has 0 fully saturated rings. The number of carboxylic acid groups (broad SMARTS) is 1. The number of benzene rings is 3. The summed E-state index contributed by atoms with van der Waals surface area (Å²) in [5.41, 5.74) is 5.96. The third kappa shape index (κ3) is 5.19. The Balaban J connectivity index is 1.43. The number of anilines is 1. The predicted molar refractivity (Wildman–Crippen MR) is 134 cm³/mol. The van der Waals surface area contributed by atoms with E-state index in [2.05, 4.69) is 34.9 Å². The topological polar surface area (TPSA) is 105 Å². The third-order valence-corrected chi connectivity index (χ3v) is 6.41. The first-order chi connectivity index (χ1) is 16.9. The highest BCUT2D eigenvalue weighted by atomic mass is 16.5. The van der Waals surface area contributed by atoms with Crippen molar-refractivity contribution in [1.29, 1.82) is 0 Å². The van der Waals surface area contributed by atoms with Crippen LogP contribution in [0.3, 0.4) is 0 Å². The zero-order valence-electron chi connectivity index (χ0n) is 19.7. The van der Waals surface area contributed by atoms with Gasteiger partial charge >= 0.3 is 12.1 Å². The summed E-state index contributed by atoms with van der Waals surface area (Å²) in [5.74, 6) is -1.40. The van der Waals surface area contributed by atoms with Crippen molar-refractivity contribution in [3.05, 3.63) is 89.0 Å². The van der Waals surface area contributed by atoms with Gasteiger partial charge < -0.3 is 15.2 Å². The predicted octanol–water partition coefficient (Wildman–Crippen LogP) is 5.34. The lowest BCUT2D eigenvalue weighted by Gasteiger charge is -2.18. The molecule has 0 aliphatic heterocycles. The fourth-order valence-corrected chi connectivity index (χ4v) is 4.53. The largest absolute Gasteiger partial charge is 0.481 e. The van der Waals surface area contributed by atoms with E-state index in [0.717, 1.165) is 22.3 Å². The number of hydrogen-bond acceptors (Lipinski definition) is 4. The van der Waals surface area contributed by atoms with E-state index in [1.54, 1.807) is 25.1 Å². The van der Waals surface area contributed by atoms with Gasteiger partial charge in [0.05, 0.1) is 6.42 Å². The Morgan fingerprint density at radius 1 is 0.943 bits per heavy atom. The first kappa shape index (κ1) is 24.0. The Morgan fingerprint density at radius 2 is 1.57 bits per heavy atom. The molecule has 0 saturated carbocycles. The van der Waals surface area contributed by atoms with Crippen LogP contribution in [0.4, 0.5) is 10.5 Å². The van der Waals surface area contributed by atoms with Crippen molar-refractivity contribution < 1.29 is 24.2 Å². The highest BCUT2D eigenvalue weighted by Gasteiger charge is 2.29. The van der Waals surface area contributed by atoms with E-state index >= 15 is 0 Å². The summed E-state index contributed by atoms with van der Waals surface area (Å²) in [4.78, 5) is 36.4. The summed E-state index contributed by atoms with van der Waals surface area (Å²) in [5, 5.41) is 14.5. The Hall–Kier alpha value is -4.13. The van der Waals surface area contributed by atoms with Crippen LogP contribution in [0.2, 0.25) is 0 Å². The lowest BCUT2D eigenvalue weighted by atomic mass is 9.98. The molecule has 180 valence electrons. The molecule has 0 radical (unpaired) electrons. The van der Waals surface area contributed by atoms with Crippen LogP contribution in [-0.4, -0.2) is 35.7 Å². The number of hydrogen-bond donors (Lipinski definition) is 3. The molecule has 0 bridgehead atoms. The molecular formula is C28H28N2O5. The number of carbonyl (C=O) groups excluding carboxylic acids is 2. The van der Waals surface area contributed by atoms with Crippen molar-refractivity contribution in [2.24, 2.45) is 0 Å². The van der Waals surface area contributed by atoms with Crippen LogP contribution >= 0.6 is 0 Å². The zero-order valence-corrected chi connectivity index (χ0v) is 19.7. The maximum atomic E-state index is 12.7. The van der Waals surface area contributed by atoms with Crippen LogP contribution in [0.1, 0.15) is 52.7 Å². The maximum Gasteiger partial charge on any atom is 0.411 e. The summed E-state index contributed by atoms with van der Waals surface area (Å²) in [6, 6.07) is 20.8. The number of aliphatic carboxylic acids is 1. The quantitative estimate of drug-likeness (QED) is 0.411. The van der Waals surface area contributed by atoms with Gasteiger partial charge in [-0.15, -0.1) is 0 Å². The van der Waals surface area contributed by atoms with Crippen LogP contribution in [-0.2, 0) is 9.53 Å². The van der Waals surface area contributed by atoms with E-state index in [4.69, 9.17) is 9.84 Å². The number of carbonyl (C=O) groups is 3. The summed E-state index contributed by atoms with van der Waals surface area (Å²) in [7, 11) is 0. The molecule has 3 aromatic carbocycles. The molecule has 0 aromatic heterocycles. The summed E-state index contributed by atoms with van der Waals surface area (Å²) >= 11 is 0. The molecule has 1 aliphatic carbocycles. The minimum Gasteiger partial charge on any atom is -0.481 e. The fourth-order valence-electron chi connectivity index (χ4n) is 4.53. The van der Waals surface area contributed by atoms with Gasteiger partial charge in [0, 0.05) is 23.2 Å². The fraction of sp³-hybridized carbons (Fsp3) is 0.250. The molecule has 3 aromatic rings. The molecule has 35 heavy (non-hydrogen) atoms. The number of amides is 2. The molecule has 7 heteroatoms. The lowest BCUT2D eigenvalue weighted by molar-refractivity contribution is -0.137. The SMILES string of the molecule is CC[C@@H](CC(=O)O)NC(=O)c1cccc(NC(=O)OCC2c3ccccc3-c3ccccc32)c1C. The number of rotatable bonds is 8. The number of ether oxygens (including phenoxy) is 1. The summed E-state index contributed by atoms with van der Waals surface area (Å²) in [6.07, 6.45) is -0.266. The molecular weight excluding hydrogens is 444 g/mol. The van der Waals surface area contributed by atoms with E-state index < -0.39 is 18.1 Å². The normalized spacial score (nSPS) is 12.9. The Bertz CT molecular complexity index is 1220. The molecule has 7 nitrogen and oxygen atoms in total. The Kier molecular flexibility index (Phi) is 7.15. The third-order valence-electron chi connectivity index (χ3n) is 6.41. The van der Waals surface area contributed by atoms with E-state index in [0.29, 0.717) is 23.2 Å². The molecule has 1 aliphatic rings. The second kappa shape index (κ2) is 10.4. The molecule has 1 atom stereocenters. The van der Waals surface area contributed by atoms with Crippen LogP contribution in [0.15, 0.2) is 66.7 Å². The maximum absolute atomic E-state index is 12.7. The van der Waals surface area contributed by atoms with Gasteiger partial charge in [0.1, 0.15) is 6.61 Å². The molecule has 2 amide bonds. The average Bonchev–Trinajstić information content (AvgIpc) is 3.17. The number of nitrogens with one attached hydrogen (secondary N) is 2. The van der Waals surface area contributed by atoms with Crippen molar-refractivity contribution in [2.75, 3.05) is 11.9 Å². The van der Waals surface area contributed by atoms with Gasteiger partial charge in [-0.3, -0.25) is 14.9 Å². The minimum absolute atomic E-state index is 0.0495. The van der Waals surface area contributed by atoms with Gasteiger partial charge in [-0.1, -0.05) is 61.5 Å². The van der Waals surface area contributed by atoms with Crippen molar-refractivity contribution in [1.82, 2.24) is 5.32 Å². The van der Waals surface area contributed by atoms with Crippen molar-refractivity contribution in [2.45, 2.75) is 38.6 Å². The first-order valence-electron chi connectivity index (χ1n) is 11.6. The van der Waals surface area contributed by atoms with E-state index in [-0.39, 0.29) is 24.9 Å². The van der Waals surface area contributed by atoms with Gasteiger partial charge in [-0.25, -0.2) is 4.79 Å². The Labute approximate surface area is 204 Å². The molecule has 3 N–H and O–H groups in total. The molecule has 0 spiro atoms. The highest BCUT2D eigenvalue weighted by molar-refractivity contribution is 5.98. The number of carboxylic acids is 1. The van der Waals surface area contributed by atoms with Crippen molar-refractivity contribution in [3.8, 4) is 11.1 Å². The smallest absolute Gasteiger partial charge is 0.411 e. The van der Waals surface area contributed by atoms with Gasteiger partial charge in [-0.05, 0) is 53.3 Å². The second-order valence-electron chi connectivity index (χ2n) is 8.61. The first-order valence-corrected chi connectivity index (χ1v) is 11.6. The molecule has 0 saturated heterocycles. The average molecular weight is 473 g/mol. The number of fused-ring (bicyclic) bond motifs is 3. The zero-order chi connectivity index (χ0) is 24.9. The van der Waals surface area contributed by atoms with E-state index in [9.17, 15) is 14.4 Å². The van der Waals surface area contributed by atoms with Gasteiger partial charge in [0.2, 0.25) is 0 Å². The molecule has 4 rings (SSSR count). The highest BCUT2D eigenvalue weighted by Crippen LogP contribution is 2.44. The van der Waals surface area contributed by atoms with Crippen LogP contribution in [0.25, 0.3) is 11.1 Å². The summed E-state index contributed by atoms with van der Waals surface area (Å²) < 4.78 is 5.61. The van der Waals surface area contributed by atoms with Crippen LogP contribution in [0, 0.1) is 6.92 Å². The molecule has 0 unspecified atom stereocenters. The van der Waals surface area contributed by atoms with Crippen LogP contribution in [0.5, 0.6) is 0 Å². The molecule has 0 heterocycles. The minimum atomic E-state index is -0.973.